The number of benzene rings is 1. The fraction of sp³-hybridized carbons (Fsp3) is 0.421. The second-order valence-corrected chi connectivity index (χ2v) is 6.71. The normalized spacial score (nSPS) is 11.6. The van der Waals surface area contributed by atoms with Crippen LogP contribution in [-0.2, 0) is 20.6 Å². The van der Waals surface area contributed by atoms with E-state index in [1.165, 1.54) is 12.1 Å². The van der Waals surface area contributed by atoms with E-state index in [9.17, 15) is 9.65 Å². The minimum Gasteiger partial charge on any atom is -0.384 e. The lowest BCUT2D eigenvalue weighted by atomic mass is 10.2. The molecule has 0 spiro atoms. The smallest absolute Gasteiger partial charge is 0.182 e. The second kappa shape index (κ2) is 10.00. The zero-order chi connectivity index (χ0) is 19.8. The highest BCUT2D eigenvalue weighted by Crippen LogP contribution is 2.05. The van der Waals surface area contributed by atoms with Crippen LogP contribution >= 0.6 is 12.2 Å². The van der Waals surface area contributed by atoms with Gasteiger partial charge in [-0.1, -0.05) is 18.6 Å². The first-order chi connectivity index (χ1) is 13.0. The molecule has 2 aromatic rings. The van der Waals surface area contributed by atoms with Crippen LogP contribution in [0.2, 0.25) is 0 Å². The predicted octanol–water partition coefficient (Wildman–Crippen LogP) is 2.55. The molecule has 144 valence electrons. The Bertz CT molecular complexity index is 937. The molecule has 0 aliphatic rings. The van der Waals surface area contributed by atoms with Crippen LogP contribution in [0.25, 0.3) is 0 Å². The van der Waals surface area contributed by atoms with Crippen LogP contribution in [0.5, 0.6) is 0 Å². The summed E-state index contributed by atoms with van der Waals surface area (Å²) in [5, 5.41) is 12.7. The molecular formula is C19H25FN6S. The van der Waals surface area contributed by atoms with E-state index in [2.05, 4.69) is 16.4 Å². The Balaban J connectivity index is 1.80. The Morgan fingerprint density at radius 2 is 1.89 bits per heavy atom. The first kappa shape index (κ1) is 20.8. The molecule has 0 aliphatic heterocycles. The summed E-state index contributed by atoms with van der Waals surface area (Å²) in [6.07, 6.45) is 2.95. The maximum atomic E-state index is 12.8. The van der Waals surface area contributed by atoms with Gasteiger partial charge in [0, 0.05) is 27.2 Å². The van der Waals surface area contributed by atoms with E-state index in [-0.39, 0.29) is 5.82 Å². The average molecular weight is 389 g/mol. The van der Waals surface area contributed by atoms with Gasteiger partial charge in [0.2, 0.25) is 0 Å². The molecule has 0 atom stereocenters. The quantitative estimate of drug-likeness (QED) is 0.538. The van der Waals surface area contributed by atoms with Gasteiger partial charge in [-0.2, -0.15) is 5.26 Å². The maximum absolute atomic E-state index is 12.8. The predicted molar refractivity (Wildman–Crippen MR) is 107 cm³/mol. The number of anilines is 1. The number of hydrogen-bond donors (Lipinski definition) is 2. The highest BCUT2D eigenvalue weighted by atomic mass is 32.1. The molecule has 6 nitrogen and oxygen atoms in total. The largest absolute Gasteiger partial charge is 0.384 e. The monoisotopic (exact) mass is 388 g/mol. The Hall–Kier alpha value is -2.50. The molecule has 0 unspecified atom stereocenters. The third kappa shape index (κ3) is 5.49. The summed E-state index contributed by atoms with van der Waals surface area (Å²) in [5.74, 6) is 0.122. The van der Waals surface area contributed by atoms with Crippen molar-refractivity contribution in [3.63, 3.8) is 0 Å². The topological polar surface area (TPSA) is 84.1 Å². The lowest BCUT2D eigenvalue weighted by molar-refractivity contribution is 0.599. The Morgan fingerprint density at radius 1 is 1.19 bits per heavy atom. The van der Waals surface area contributed by atoms with E-state index in [4.69, 9.17) is 18.0 Å². The minimum absolute atomic E-state index is 0.215. The molecule has 0 radical (unpaired) electrons. The zero-order valence-electron chi connectivity index (χ0n) is 15.7. The molecule has 1 heterocycles. The molecule has 0 fully saturated rings. The standard InChI is InChI=1S/C19H25FN6S/c1-25-17(22)16(12-21)18(26(2)19(25)27)24-11-5-3-4-10-23-13-14-6-8-15(20)9-7-14/h6-9,23H,3-5,10-11,13,22H2,1-2H3. The van der Waals surface area contributed by atoms with Crippen molar-refractivity contribution in [2.24, 2.45) is 19.1 Å². The van der Waals surface area contributed by atoms with Crippen molar-refractivity contribution < 1.29 is 4.39 Å². The number of nitrogens with zero attached hydrogens (tertiary/aromatic N) is 4. The molecule has 1 aromatic heterocycles. The number of hydrogen-bond acceptors (Lipinski definition) is 5. The summed E-state index contributed by atoms with van der Waals surface area (Å²) in [5.41, 5.74) is 7.93. The van der Waals surface area contributed by atoms with Crippen molar-refractivity contribution in [2.45, 2.75) is 25.8 Å². The van der Waals surface area contributed by atoms with Gasteiger partial charge in [-0.05, 0) is 49.3 Å². The van der Waals surface area contributed by atoms with Gasteiger partial charge in [0.15, 0.2) is 10.3 Å². The Kier molecular flexibility index (Phi) is 7.70. The molecule has 3 N–H and O–H groups in total. The van der Waals surface area contributed by atoms with Gasteiger partial charge >= 0.3 is 0 Å². The van der Waals surface area contributed by atoms with Crippen LogP contribution in [0.1, 0.15) is 30.4 Å². The Labute approximate surface area is 163 Å². The highest BCUT2D eigenvalue weighted by Gasteiger charge is 2.08. The van der Waals surface area contributed by atoms with Crippen LogP contribution in [0, 0.1) is 21.9 Å². The van der Waals surface area contributed by atoms with E-state index < -0.39 is 0 Å². The average Bonchev–Trinajstić information content (AvgIpc) is 2.67. The number of aromatic nitrogens is 2. The van der Waals surface area contributed by atoms with Crippen molar-refractivity contribution in [3.8, 4) is 6.07 Å². The van der Waals surface area contributed by atoms with Crippen molar-refractivity contribution in [1.29, 1.82) is 5.26 Å². The van der Waals surface area contributed by atoms with Crippen molar-refractivity contribution in [3.05, 3.63) is 51.5 Å². The van der Waals surface area contributed by atoms with E-state index in [1.54, 1.807) is 35.4 Å². The molecular weight excluding hydrogens is 363 g/mol. The fourth-order valence-electron chi connectivity index (χ4n) is 2.72. The summed E-state index contributed by atoms with van der Waals surface area (Å²) in [7, 11) is 3.53. The summed E-state index contributed by atoms with van der Waals surface area (Å²) in [6, 6.07) is 8.63. The maximum Gasteiger partial charge on any atom is 0.182 e. The molecule has 27 heavy (non-hydrogen) atoms. The van der Waals surface area contributed by atoms with Crippen LogP contribution in [0.4, 0.5) is 10.2 Å². The summed E-state index contributed by atoms with van der Waals surface area (Å²) < 4.78 is 16.7. The summed E-state index contributed by atoms with van der Waals surface area (Å²) in [6.45, 7) is 2.23. The van der Waals surface area contributed by atoms with Crippen LogP contribution in [0.3, 0.4) is 0 Å². The van der Waals surface area contributed by atoms with Gasteiger partial charge in [-0.3, -0.25) is 4.99 Å². The third-order valence-corrected chi connectivity index (χ3v) is 4.91. The molecule has 0 aliphatic carbocycles. The van der Waals surface area contributed by atoms with E-state index in [0.717, 1.165) is 37.9 Å². The van der Waals surface area contributed by atoms with E-state index in [0.29, 0.717) is 28.2 Å². The van der Waals surface area contributed by atoms with E-state index in [1.807, 2.05) is 0 Å². The second-order valence-electron chi connectivity index (χ2n) is 6.34. The molecule has 0 bridgehead atoms. The minimum atomic E-state index is -0.215. The van der Waals surface area contributed by atoms with Gasteiger partial charge in [-0.25, -0.2) is 4.39 Å². The molecule has 8 heteroatoms. The van der Waals surface area contributed by atoms with Gasteiger partial charge in [0.05, 0.1) is 0 Å². The fourth-order valence-corrected chi connectivity index (χ4v) is 2.90. The van der Waals surface area contributed by atoms with Gasteiger partial charge in [0.25, 0.3) is 0 Å². The SMILES string of the molecule is Cn1c(N)c(C#N)c(=NCCCCCNCc2ccc(F)cc2)n(C)c1=S. The highest BCUT2D eigenvalue weighted by molar-refractivity contribution is 7.71. The van der Waals surface area contributed by atoms with Crippen LogP contribution < -0.4 is 16.5 Å². The lowest BCUT2D eigenvalue weighted by Gasteiger charge is -2.11. The molecule has 0 saturated heterocycles. The molecule has 0 saturated carbocycles. The van der Waals surface area contributed by atoms with Crippen molar-refractivity contribution in [1.82, 2.24) is 14.5 Å². The third-order valence-electron chi connectivity index (χ3n) is 4.36. The number of nitrogen functional groups attached to an aromatic ring is 1. The first-order valence-electron chi connectivity index (χ1n) is 8.87. The lowest BCUT2D eigenvalue weighted by Crippen LogP contribution is -2.28. The van der Waals surface area contributed by atoms with E-state index >= 15 is 0 Å². The number of nitriles is 1. The summed E-state index contributed by atoms with van der Waals surface area (Å²) in [4.78, 5) is 4.54. The van der Waals surface area contributed by atoms with Crippen LogP contribution in [-0.4, -0.2) is 22.2 Å². The number of halogens is 1. The van der Waals surface area contributed by atoms with Gasteiger partial charge in [-0.15, -0.1) is 0 Å². The number of nitrogens with two attached hydrogens (primary N) is 1. The molecule has 0 amide bonds. The number of rotatable bonds is 8. The number of nitrogens with one attached hydrogen (secondary N) is 1. The Morgan fingerprint density at radius 3 is 2.56 bits per heavy atom. The zero-order valence-corrected chi connectivity index (χ0v) is 16.5. The summed E-state index contributed by atoms with van der Waals surface area (Å²) >= 11 is 5.32. The van der Waals surface area contributed by atoms with Crippen molar-refractivity contribution in [2.75, 3.05) is 18.8 Å². The van der Waals surface area contributed by atoms with Crippen molar-refractivity contribution >= 4 is 18.0 Å². The van der Waals surface area contributed by atoms with Gasteiger partial charge in [0.1, 0.15) is 23.3 Å². The van der Waals surface area contributed by atoms with Gasteiger partial charge < -0.3 is 20.2 Å². The first-order valence-corrected chi connectivity index (χ1v) is 9.27. The molecule has 1 aromatic carbocycles. The molecule has 2 rings (SSSR count). The van der Waals surface area contributed by atoms with Crippen LogP contribution in [0.15, 0.2) is 29.3 Å². The number of unbranched alkanes of at least 4 members (excludes halogenated alkanes) is 2.